The van der Waals surface area contributed by atoms with Gasteiger partial charge in [0.2, 0.25) is 0 Å². The summed E-state index contributed by atoms with van der Waals surface area (Å²) in [5.74, 6) is -0.701. The lowest BCUT2D eigenvalue weighted by Gasteiger charge is -2.07. The normalized spacial score (nSPS) is 12.1. The number of hydrogen-bond donors (Lipinski definition) is 0. The summed E-state index contributed by atoms with van der Waals surface area (Å²) in [5.41, 5.74) is 1.97. The maximum Gasteiger partial charge on any atom is 0.326 e. The molecule has 5 nitrogen and oxygen atoms in total. The van der Waals surface area contributed by atoms with Gasteiger partial charge >= 0.3 is 5.97 Å². The number of aromatic nitrogens is 1. The van der Waals surface area contributed by atoms with E-state index in [-0.39, 0.29) is 24.3 Å². The standard InChI is InChI=1S/C16H20N2O3S/c1-5-21-13(19)9-18-14-11(4)7-6-8-12(14)22-16(18)17-15(20)10(2)3/h6-8,10H,5,9H2,1-4H3. The lowest BCUT2D eigenvalue weighted by molar-refractivity contribution is -0.143. The predicted octanol–water partition coefficient (Wildman–Crippen LogP) is 2.66. The van der Waals surface area contributed by atoms with E-state index in [9.17, 15) is 9.59 Å². The maximum atomic E-state index is 11.9. The van der Waals surface area contributed by atoms with Crippen molar-refractivity contribution in [1.82, 2.24) is 4.57 Å². The van der Waals surface area contributed by atoms with Crippen molar-refractivity contribution in [1.29, 1.82) is 0 Å². The molecule has 118 valence electrons. The summed E-state index contributed by atoms with van der Waals surface area (Å²) >= 11 is 1.41. The summed E-state index contributed by atoms with van der Waals surface area (Å²) in [7, 11) is 0. The zero-order valence-electron chi connectivity index (χ0n) is 13.3. The number of thiazole rings is 1. The topological polar surface area (TPSA) is 60.7 Å². The third kappa shape index (κ3) is 3.44. The van der Waals surface area contributed by atoms with Gasteiger partial charge in [0.15, 0.2) is 4.80 Å². The lowest BCUT2D eigenvalue weighted by Crippen LogP contribution is -2.24. The first kappa shape index (κ1) is 16.4. The highest BCUT2D eigenvalue weighted by atomic mass is 32.1. The predicted molar refractivity (Wildman–Crippen MR) is 86.6 cm³/mol. The molecule has 0 aliphatic heterocycles. The van der Waals surface area contributed by atoms with Crippen molar-refractivity contribution in [3.05, 3.63) is 28.6 Å². The molecule has 1 heterocycles. The zero-order chi connectivity index (χ0) is 16.3. The first-order chi connectivity index (χ1) is 10.4. The fourth-order valence-electron chi connectivity index (χ4n) is 2.10. The highest BCUT2D eigenvalue weighted by molar-refractivity contribution is 7.16. The van der Waals surface area contributed by atoms with Crippen LogP contribution in [0.5, 0.6) is 0 Å². The SMILES string of the molecule is CCOC(=O)Cn1c(=NC(=O)C(C)C)sc2cccc(C)c21. The van der Waals surface area contributed by atoms with Crippen LogP contribution < -0.4 is 4.80 Å². The molecule has 6 heteroatoms. The van der Waals surface area contributed by atoms with Crippen molar-refractivity contribution < 1.29 is 14.3 Å². The van der Waals surface area contributed by atoms with E-state index in [1.807, 2.05) is 25.1 Å². The Morgan fingerprint density at radius 1 is 1.36 bits per heavy atom. The van der Waals surface area contributed by atoms with Crippen LogP contribution in [-0.2, 0) is 20.9 Å². The molecule has 0 radical (unpaired) electrons. The van der Waals surface area contributed by atoms with E-state index >= 15 is 0 Å². The van der Waals surface area contributed by atoms with E-state index in [4.69, 9.17) is 4.74 Å². The van der Waals surface area contributed by atoms with Gasteiger partial charge in [0.25, 0.3) is 5.91 Å². The largest absolute Gasteiger partial charge is 0.465 e. The number of carbonyl (C=O) groups is 2. The van der Waals surface area contributed by atoms with Crippen molar-refractivity contribution in [2.75, 3.05) is 6.61 Å². The molecule has 0 unspecified atom stereocenters. The molecule has 0 bridgehead atoms. The molecule has 22 heavy (non-hydrogen) atoms. The number of para-hydroxylation sites is 1. The van der Waals surface area contributed by atoms with Crippen molar-refractivity contribution in [3.63, 3.8) is 0 Å². The molecule has 0 fully saturated rings. The highest BCUT2D eigenvalue weighted by Gasteiger charge is 2.14. The number of amides is 1. The molecule has 1 amide bonds. The van der Waals surface area contributed by atoms with Gasteiger partial charge in [0, 0.05) is 5.92 Å². The van der Waals surface area contributed by atoms with Gasteiger partial charge in [-0.2, -0.15) is 4.99 Å². The second kappa shape index (κ2) is 6.87. The minimum atomic E-state index is -0.330. The van der Waals surface area contributed by atoms with Gasteiger partial charge in [0.1, 0.15) is 6.54 Å². The third-order valence-electron chi connectivity index (χ3n) is 3.20. The average Bonchev–Trinajstić information content (AvgIpc) is 2.78. The van der Waals surface area contributed by atoms with E-state index in [1.54, 1.807) is 25.3 Å². The molecule has 0 saturated heterocycles. The van der Waals surface area contributed by atoms with Crippen LogP contribution >= 0.6 is 11.3 Å². The Kier molecular flexibility index (Phi) is 5.13. The van der Waals surface area contributed by atoms with Gasteiger partial charge in [-0.3, -0.25) is 9.59 Å². The molecule has 2 rings (SSSR count). The minimum absolute atomic E-state index is 0.0584. The van der Waals surface area contributed by atoms with Gasteiger partial charge < -0.3 is 9.30 Å². The van der Waals surface area contributed by atoms with Gasteiger partial charge in [0.05, 0.1) is 16.8 Å². The molecule has 0 N–H and O–H groups in total. The van der Waals surface area contributed by atoms with Gasteiger partial charge in [-0.1, -0.05) is 37.3 Å². The van der Waals surface area contributed by atoms with Crippen LogP contribution in [-0.4, -0.2) is 23.1 Å². The number of fused-ring (bicyclic) bond motifs is 1. The summed E-state index contributed by atoms with van der Waals surface area (Å²) in [5, 5.41) is 0. The Labute approximate surface area is 133 Å². The van der Waals surface area contributed by atoms with Crippen LogP contribution in [0.15, 0.2) is 23.2 Å². The summed E-state index contributed by atoms with van der Waals surface area (Å²) in [4.78, 5) is 28.5. The lowest BCUT2D eigenvalue weighted by atomic mass is 10.2. The van der Waals surface area contributed by atoms with Gasteiger partial charge in [-0.25, -0.2) is 0 Å². The second-order valence-corrected chi connectivity index (χ2v) is 6.31. The smallest absolute Gasteiger partial charge is 0.326 e. The second-order valence-electron chi connectivity index (χ2n) is 5.30. The van der Waals surface area contributed by atoms with Crippen LogP contribution in [0.2, 0.25) is 0 Å². The van der Waals surface area contributed by atoms with E-state index in [2.05, 4.69) is 4.99 Å². The number of carbonyl (C=O) groups excluding carboxylic acids is 2. The van der Waals surface area contributed by atoms with Crippen molar-refractivity contribution >= 4 is 33.4 Å². The molecule has 0 atom stereocenters. The number of nitrogens with zero attached hydrogens (tertiary/aromatic N) is 2. The molecular weight excluding hydrogens is 300 g/mol. The Morgan fingerprint density at radius 3 is 2.73 bits per heavy atom. The summed E-state index contributed by atoms with van der Waals surface area (Å²) in [6, 6.07) is 5.90. The first-order valence-electron chi connectivity index (χ1n) is 7.27. The molecule has 0 saturated carbocycles. The number of ether oxygens (including phenoxy) is 1. The number of aryl methyl sites for hydroxylation is 1. The maximum absolute atomic E-state index is 11.9. The summed E-state index contributed by atoms with van der Waals surface area (Å²) in [6.07, 6.45) is 0. The number of benzene rings is 1. The molecule has 0 aliphatic rings. The van der Waals surface area contributed by atoms with Gasteiger partial charge in [-0.05, 0) is 25.5 Å². The average molecular weight is 320 g/mol. The zero-order valence-corrected chi connectivity index (χ0v) is 14.1. The van der Waals surface area contributed by atoms with Crippen LogP contribution in [0.3, 0.4) is 0 Å². The number of hydrogen-bond acceptors (Lipinski definition) is 4. The van der Waals surface area contributed by atoms with Crippen LogP contribution in [0.25, 0.3) is 10.2 Å². The fourth-order valence-corrected chi connectivity index (χ4v) is 3.21. The van der Waals surface area contributed by atoms with Gasteiger partial charge in [-0.15, -0.1) is 0 Å². The molecule has 1 aromatic heterocycles. The van der Waals surface area contributed by atoms with Crippen molar-refractivity contribution in [2.24, 2.45) is 10.9 Å². The molecule has 1 aromatic carbocycles. The van der Waals surface area contributed by atoms with E-state index in [0.29, 0.717) is 11.4 Å². The molecule has 0 aliphatic carbocycles. The monoisotopic (exact) mass is 320 g/mol. The Bertz CT molecular complexity index is 771. The molecular formula is C16H20N2O3S. The Balaban J connectivity index is 2.62. The van der Waals surface area contributed by atoms with Crippen molar-refractivity contribution in [2.45, 2.75) is 34.2 Å². The Morgan fingerprint density at radius 2 is 2.09 bits per heavy atom. The van der Waals surface area contributed by atoms with E-state index < -0.39 is 0 Å². The van der Waals surface area contributed by atoms with Crippen LogP contribution in [0.4, 0.5) is 0 Å². The molecule has 0 spiro atoms. The molecule has 2 aromatic rings. The minimum Gasteiger partial charge on any atom is -0.465 e. The van der Waals surface area contributed by atoms with Crippen molar-refractivity contribution in [3.8, 4) is 0 Å². The first-order valence-corrected chi connectivity index (χ1v) is 8.08. The fraction of sp³-hybridized carbons (Fsp3) is 0.438. The van der Waals surface area contributed by atoms with E-state index in [1.165, 1.54) is 11.3 Å². The van der Waals surface area contributed by atoms with Crippen LogP contribution in [0.1, 0.15) is 26.3 Å². The quantitative estimate of drug-likeness (QED) is 0.814. The summed E-state index contributed by atoms with van der Waals surface area (Å²) < 4.78 is 7.80. The van der Waals surface area contributed by atoms with Crippen LogP contribution in [0, 0.1) is 12.8 Å². The summed E-state index contributed by atoms with van der Waals surface area (Å²) in [6.45, 7) is 7.75. The third-order valence-corrected chi connectivity index (χ3v) is 4.24. The number of esters is 1. The number of rotatable bonds is 4. The van der Waals surface area contributed by atoms with E-state index in [0.717, 1.165) is 15.8 Å². The highest BCUT2D eigenvalue weighted by Crippen LogP contribution is 2.21. The Hall–Kier alpha value is -1.95.